The summed E-state index contributed by atoms with van der Waals surface area (Å²) in [5, 5.41) is 2.99. The maximum absolute atomic E-state index is 12.5. The molecule has 1 saturated heterocycles. The smallest absolute Gasteiger partial charge is 0.256 e. The molecular formula is C19H22IN3O. The fourth-order valence-electron chi connectivity index (χ4n) is 2.84. The van der Waals surface area contributed by atoms with Gasteiger partial charge in [0.1, 0.15) is 0 Å². The van der Waals surface area contributed by atoms with Crippen molar-refractivity contribution in [2.75, 3.05) is 43.4 Å². The van der Waals surface area contributed by atoms with Crippen molar-refractivity contribution in [3.8, 4) is 0 Å². The van der Waals surface area contributed by atoms with E-state index in [1.54, 1.807) is 0 Å². The van der Waals surface area contributed by atoms with Crippen molar-refractivity contribution >= 4 is 39.9 Å². The summed E-state index contributed by atoms with van der Waals surface area (Å²) in [6.45, 7) is 6.28. The zero-order chi connectivity index (χ0) is 17.1. The van der Waals surface area contributed by atoms with Crippen LogP contribution >= 0.6 is 22.6 Å². The summed E-state index contributed by atoms with van der Waals surface area (Å²) >= 11 is 2.23. The van der Waals surface area contributed by atoms with Crippen LogP contribution in [0.2, 0.25) is 0 Å². The van der Waals surface area contributed by atoms with Crippen LogP contribution in [0.3, 0.4) is 0 Å². The first-order valence-electron chi connectivity index (χ1n) is 8.14. The van der Waals surface area contributed by atoms with Crippen molar-refractivity contribution in [2.45, 2.75) is 6.92 Å². The van der Waals surface area contributed by atoms with Gasteiger partial charge in [-0.25, -0.2) is 0 Å². The Labute approximate surface area is 157 Å². The molecule has 5 heteroatoms. The molecule has 0 saturated carbocycles. The van der Waals surface area contributed by atoms with Crippen molar-refractivity contribution in [3.63, 3.8) is 0 Å². The number of nitrogens with zero attached hydrogens (tertiary/aromatic N) is 2. The fourth-order valence-corrected chi connectivity index (χ4v) is 3.45. The quantitative estimate of drug-likeness (QED) is 0.749. The van der Waals surface area contributed by atoms with Gasteiger partial charge in [0.05, 0.1) is 5.56 Å². The minimum Gasteiger partial charge on any atom is -0.369 e. The molecule has 2 aromatic carbocycles. The van der Waals surface area contributed by atoms with Gasteiger partial charge in [-0.3, -0.25) is 4.79 Å². The zero-order valence-electron chi connectivity index (χ0n) is 14.1. The largest absolute Gasteiger partial charge is 0.369 e. The Bertz CT molecular complexity index is 722. The fraction of sp³-hybridized carbons (Fsp3) is 0.316. The van der Waals surface area contributed by atoms with Crippen LogP contribution < -0.4 is 10.2 Å². The van der Waals surface area contributed by atoms with Crippen LogP contribution in [0.15, 0.2) is 42.5 Å². The van der Waals surface area contributed by atoms with E-state index in [4.69, 9.17) is 0 Å². The molecule has 0 aliphatic carbocycles. The minimum absolute atomic E-state index is 0.0598. The Morgan fingerprint density at radius 3 is 2.38 bits per heavy atom. The van der Waals surface area contributed by atoms with E-state index < -0.39 is 0 Å². The Morgan fingerprint density at radius 1 is 1.04 bits per heavy atom. The van der Waals surface area contributed by atoms with Crippen LogP contribution in [0.4, 0.5) is 11.4 Å². The molecule has 1 aliphatic heterocycles. The van der Waals surface area contributed by atoms with Gasteiger partial charge in [-0.15, -0.1) is 0 Å². The highest BCUT2D eigenvalue weighted by Gasteiger charge is 2.15. The third kappa shape index (κ3) is 3.89. The average Bonchev–Trinajstić information content (AvgIpc) is 2.59. The van der Waals surface area contributed by atoms with E-state index in [-0.39, 0.29) is 5.91 Å². The lowest BCUT2D eigenvalue weighted by Gasteiger charge is -2.34. The van der Waals surface area contributed by atoms with Crippen LogP contribution in [0.1, 0.15) is 15.9 Å². The van der Waals surface area contributed by atoms with Crippen molar-refractivity contribution < 1.29 is 4.79 Å². The zero-order valence-corrected chi connectivity index (χ0v) is 16.2. The number of amides is 1. The first-order chi connectivity index (χ1) is 11.5. The molecule has 0 unspecified atom stereocenters. The number of aryl methyl sites for hydroxylation is 1. The van der Waals surface area contributed by atoms with E-state index in [1.165, 1.54) is 5.69 Å². The van der Waals surface area contributed by atoms with Gasteiger partial charge in [-0.05, 0) is 72.5 Å². The van der Waals surface area contributed by atoms with E-state index in [0.29, 0.717) is 0 Å². The number of hydrogen-bond donors (Lipinski definition) is 1. The van der Waals surface area contributed by atoms with Crippen molar-refractivity contribution in [1.29, 1.82) is 0 Å². The Kier molecular flexibility index (Phi) is 5.40. The van der Waals surface area contributed by atoms with E-state index in [9.17, 15) is 4.79 Å². The average molecular weight is 435 g/mol. The van der Waals surface area contributed by atoms with Crippen molar-refractivity contribution in [3.05, 3.63) is 57.2 Å². The lowest BCUT2D eigenvalue weighted by atomic mass is 10.1. The molecule has 1 fully saturated rings. The Balaban J connectivity index is 1.68. The molecule has 2 aromatic rings. The number of rotatable bonds is 3. The summed E-state index contributed by atoms with van der Waals surface area (Å²) in [6.07, 6.45) is 0. The summed E-state index contributed by atoms with van der Waals surface area (Å²) in [6, 6.07) is 13.9. The molecule has 0 radical (unpaired) electrons. The first-order valence-corrected chi connectivity index (χ1v) is 9.22. The van der Waals surface area contributed by atoms with E-state index in [2.05, 4.69) is 56.9 Å². The second-order valence-electron chi connectivity index (χ2n) is 6.23. The highest BCUT2D eigenvalue weighted by atomic mass is 127. The number of carbonyl (C=O) groups is 1. The number of piperazine rings is 1. The SMILES string of the molecule is Cc1cccc(C(=O)Nc2ccc(N3CCN(C)CC3)cc2)c1I. The van der Waals surface area contributed by atoms with E-state index in [1.807, 2.05) is 37.3 Å². The van der Waals surface area contributed by atoms with Gasteiger partial charge in [0.2, 0.25) is 0 Å². The van der Waals surface area contributed by atoms with Crippen LogP contribution in [0, 0.1) is 10.5 Å². The lowest BCUT2D eigenvalue weighted by Crippen LogP contribution is -2.44. The lowest BCUT2D eigenvalue weighted by molar-refractivity contribution is 0.102. The van der Waals surface area contributed by atoms with Crippen LogP contribution in [-0.4, -0.2) is 44.0 Å². The number of halogens is 1. The first kappa shape index (κ1) is 17.2. The highest BCUT2D eigenvalue weighted by molar-refractivity contribution is 14.1. The summed E-state index contributed by atoms with van der Waals surface area (Å²) in [4.78, 5) is 17.2. The maximum atomic E-state index is 12.5. The van der Waals surface area contributed by atoms with Gasteiger partial charge < -0.3 is 15.1 Å². The van der Waals surface area contributed by atoms with Gasteiger partial charge in [0, 0.05) is 41.1 Å². The van der Waals surface area contributed by atoms with Gasteiger partial charge in [0.25, 0.3) is 5.91 Å². The normalized spacial score (nSPS) is 15.4. The van der Waals surface area contributed by atoms with Gasteiger partial charge >= 0.3 is 0 Å². The van der Waals surface area contributed by atoms with Crippen LogP contribution in [-0.2, 0) is 0 Å². The number of likely N-dealkylation sites (N-methyl/N-ethyl adjacent to an activating group) is 1. The second-order valence-corrected chi connectivity index (χ2v) is 7.31. The van der Waals surface area contributed by atoms with Crippen molar-refractivity contribution in [2.24, 2.45) is 0 Å². The summed E-state index contributed by atoms with van der Waals surface area (Å²) in [5.74, 6) is -0.0598. The third-order valence-corrected chi connectivity index (χ3v) is 5.86. The molecular weight excluding hydrogens is 413 g/mol. The molecule has 4 nitrogen and oxygen atoms in total. The Hall–Kier alpha value is -1.60. The van der Waals surface area contributed by atoms with Crippen LogP contribution in [0.25, 0.3) is 0 Å². The molecule has 3 rings (SSSR count). The predicted octanol–water partition coefficient (Wildman–Crippen LogP) is 3.60. The second kappa shape index (κ2) is 7.53. The third-order valence-electron chi connectivity index (χ3n) is 4.43. The highest BCUT2D eigenvalue weighted by Crippen LogP contribution is 2.21. The standard InChI is InChI=1S/C19H22IN3O/c1-14-4-3-5-17(18(14)20)19(24)21-15-6-8-16(9-7-15)23-12-10-22(2)11-13-23/h3-9H,10-13H2,1-2H3,(H,21,24). The predicted molar refractivity (Wildman–Crippen MR) is 108 cm³/mol. The van der Waals surface area contributed by atoms with E-state index in [0.717, 1.165) is 46.6 Å². The van der Waals surface area contributed by atoms with E-state index >= 15 is 0 Å². The molecule has 1 N–H and O–H groups in total. The summed E-state index contributed by atoms with van der Waals surface area (Å²) < 4.78 is 1.00. The van der Waals surface area contributed by atoms with Gasteiger partial charge in [-0.2, -0.15) is 0 Å². The molecule has 126 valence electrons. The number of carbonyl (C=O) groups excluding carboxylic acids is 1. The maximum Gasteiger partial charge on any atom is 0.256 e. The molecule has 1 heterocycles. The summed E-state index contributed by atoms with van der Waals surface area (Å²) in [5.41, 5.74) is 3.88. The van der Waals surface area contributed by atoms with Gasteiger partial charge in [0.15, 0.2) is 0 Å². The molecule has 0 spiro atoms. The molecule has 0 aromatic heterocycles. The Morgan fingerprint density at radius 2 is 1.71 bits per heavy atom. The van der Waals surface area contributed by atoms with Crippen molar-refractivity contribution in [1.82, 2.24) is 4.90 Å². The molecule has 24 heavy (non-hydrogen) atoms. The number of benzene rings is 2. The summed E-state index contributed by atoms with van der Waals surface area (Å²) in [7, 11) is 2.16. The minimum atomic E-state index is -0.0598. The molecule has 1 aliphatic rings. The molecule has 0 atom stereocenters. The number of anilines is 2. The number of nitrogens with one attached hydrogen (secondary N) is 1. The number of hydrogen-bond acceptors (Lipinski definition) is 3. The molecule has 0 bridgehead atoms. The monoisotopic (exact) mass is 435 g/mol. The van der Waals surface area contributed by atoms with Crippen LogP contribution in [0.5, 0.6) is 0 Å². The molecule has 1 amide bonds. The van der Waals surface area contributed by atoms with Gasteiger partial charge in [-0.1, -0.05) is 12.1 Å². The topological polar surface area (TPSA) is 35.6 Å².